The first-order chi connectivity index (χ1) is 10.3. The molecule has 0 fully saturated rings. The third-order valence-corrected chi connectivity index (χ3v) is 5.26. The maximum Gasteiger partial charge on any atom is 0.162 e. The highest BCUT2D eigenvalue weighted by molar-refractivity contribution is 6.05. The molecule has 0 aliphatic heterocycles. The zero-order valence-corrected chi connectivity index (χ0v) is 14.1. The Hall–Kier alpha value is -1.70. The van der Waals surface area contributed by atoms with Crippen molar-refractivity contribution in [2.45, 2.75) is 40.5 Å². The van der Waals surface area contributed by atoms with Gasteiger partial charge in [-0.3, -0.25) is 9.59 Å². The van der Waals surface area contributed by atoms with Crippen LogP contribution in [0.2, 0.25) is 0 Å². The van der Waals surface area contributed by atoms with Crippen molar-refractivity contribution in [3.63, 3.8) is 0 Å². The fraction of sp³-hybridized carbons (Fsp3) is 0.500. The van der Waals surface area contributed by atoms with Crippen LogP contribution >= 0.6 is 0 Å². The zero-order chi connectivity index (χ0) is 16.6. The van der Waals surface area contributed by atoms with Crippen molar-refractivity contribution in [3.05, 3.63) is 47.6 Å². The molecule has 2 heteroatoms. The molecule has 0 unspecified atom stereocenters. The molecule has 2 nitrogen and oxygen atoms in total. The van der Waals surface area contributed by atoms with E-state index in [1.54, 1.807) is 0 Å². The standard InChI is InChI=1S/C20H26O2/c1-11(2)15-9-7-13(5)19(21)17(15)18-16(12(3)4)10-8-14(6)20(18)22/h7-8,15-18H,1,3,9-10H2,2,4-6H3/t15-,16+,17-,18-/m1/s1. The molecule has 2 aliphatic rings. The number of ketones is 2. The third-order valence-electron chi connectivity index (χ3n) is 5.26. The van der Waals surface area contributed by atoms with Gasteiger partial charge in [-0.2, -0.15) is 0 Å². The van der Waals surface area contributed by atoms with Gasteiger partial charge in [-0.15, -0.1) is 0 Å². The predicted octanol–water partition coefficient (Wildman–Crippen LogP) is 4.44. The van der Waals surface area contributed by atoms with Crippen LogP contribution < -0.4 is 0 Å². The van der Waals surface area contributed by atoms with Crippen LogP contribution in [0.5, 0.6) is 0 Å². The monoisotopic (exact) mass is 298 g/mol. The second kappa shape index (κ2) is 6.20. The van der Waals surface area contributed by atoms with E-state index >= 15 is 0 Å². The summed E-state index contributed by atoms with van der Waals surface area (Å²) in [5.74, 6) is -0.256. The highest BCUT2D eigenvalue weighted by atomic mass is 16.1. The summed E-state index contributed by atoms with van der Waals surface area (Å²) in [4.78, 5) is 25.7. The maximum atomic E-state index is 12.8. The average molecular weight is 298 g/mol. The molecule has 0 spiro atoms. The van der Waals surface area contributed by atoms with Crippen LogP contribution in [0.1, 0.15) is 40.5 Å². The number of hydrogen-bond donors (Lipinski definition) is 0. The van der Waals surface area contributed by atoms with E-state index < -0.39 is 0 Å². The Bertz CT molecular complexity index is 549. The van der Waals surface area contributed by atoms with Gasteiger partial charge in [-0.25, -0.2) is 0 Å². The predicted molar refractivity (Wildman–Crippen MR) is 90.4 cm³/mol. The first kappa shape index (κ1) is 16.7. The smallest absolute Gasteiger partial charge is 0.162 e. The first-order valence-electron chi connectivity index (χ1n) is 7.98. The molecule has 0 bridgehead atoms. The molecule has 22 heavy (non-hydrogen) atoms. The van der Waals surface area contributed by atoms with Crippen molar-refractivity contribution in [2.24, 2.45) is 23.7 Å². The normalized spacial score (nSPS) is 32.4. The Morgan fingerprint density at radius 3 is 1.45 bits per heavy atom. The molecule has 118 valence electrons. The van der Waals surface area contributed by atoms with Crippen molar-refractivity contribution in [2.75, 3.05) is 0 Å². The lowest BCUT2D eigenvalue weighted by molar-refractivity contribution is -0.132. The Kier molecular flexibility index (Phi) is 4.69. The molecule has 0 aromatic rings. The molecule has 2 aliphatic carbocycles. The number of Topliss-reactive ketones (excluding diaryl/α,β-unsaturated/α-hetero) is 2. The van der Waals surface area contributed by atoms with Crippen molar-refractivity contribution in [3.8, 4) is 0 Å². The Balaban J connectivity index is 2.52. The van der Waals surface area contributed by atoms with Crippen LogP contribution in [0.15, 0.2) is 47.6 Å². The number of carbonyl (C=O) groups excluding carboxylic acids is 2. The zero-order valence-electron chi connectivity index (χ0n) is 14.1. The van der Waals surface area contributed by atoms with E-state index in [9.17, 15) is 9.59 Å². The summed E-state index contributed by atoms with van der Waals surface area (Å²) in [5, 5.41) is 0. The summed E-state index contributed by atoms with van der Waals surface area (Å²) in [6, 6.07) is 0. The lowest BCUT2D eigenvalue weighted by Gasteiger charge is -2.40. The van der Waals surface area contributed by atoms with E-state index in [-0.39, 0.29) is 35.2 Å². The second-order valence-electron chi connectivity index (χ2n) is 6.93. The maximum absolute atomic E-state index is 12.8. The van der Waals surface area contributed by atoms with Gasteiger partial charge in [-0.1, -0.05) is 36.5 Å². The lowest BCUT2D eigenvalue weighted by Crippen LogP contribution is -2.44. The van der Waals surface area contributed by atoms with Crippen LogP contribution in [0, 0.1) is 23.7 Å². The van der Waals surface area contributed by atoms with Gasteiger partial charge in [-0.05, 0) is 63.5 Å². The minimum absolute atomic E-state index is 0.0536. The van der Waals surface area contributed by atoms with Gasteiger partial charge in [0, 0.05) is 11.8 Å². The van der Waals surface area contributed by atoms with Gasteiger partial charge < -0.3 is 0 Å². The van der Waals surface area contributed by atoms with Crippen LogP contribution in [0.25, 0.3) is 0 Å². The fourth-order valence-corrected chi connectivity index (χ4v) is 3.84. The highest BCUT2D eigenvalue weighted by Crippen LogP contribution is 2.44. The molecule has 0 heterocycles. The summed E-state index contributed by atoms with van der Waals surface area (Å²) < 4.78 is 0. The fourth-order valence-electron chi connectivity index (χ4n) is 3.84. The van der Waals surface area contributed by atoms with Crippen molar-refractivity contribution < 1.29 is 9.59 Å². The van der Waals surface area contributed by atoms with E-state index in [4.69, 9.17) is 0 Å². The minimum Gasteiger partial charge on any atom is -0.294 e. The molecule has 2 rings (SSSR count). The van der Waals surface area contributed by atoms with E-state index in [1.165, 1.54) is 0 Å². The Morgan fingerprint density at radius 1 is 0.864 bits per heavy atom. The second-order valence-corrected chi connectivity index (χ2v) is 6.93. The molecule has 0 N–H and O–H groups in total. The lowest BCUT2D eigenvalue weighted by atomic mass is 9.61. The van der Waals surface area contributed by atoms with Crippen molar-refractivity contribution in [1.29, 1.82) is 0 Å². The number of allylic oxidation sites excluding steroid dienone is 6. The van der Waals surface area contributed by atoms with Gasteiger partial charge in [0.25, 0.3) is 0 Å². The Morgan fingerprint density at radius 2 is 1.18 bits per heavy atom. The van der Waals surface area contributed by atoms with E-state index in [2.05, 4.69) is 13.2 Å². The molecule has 0 saturated heterocycles. The Labute approximate surface area is 133 Å². The van der Waals surface area contributed by atoms with Gasteiger partial charge in [0.1, 0.15) is 0 Å². The van der Waals surface area contributed by atoms with Crippen LogP contribution in [-0.4, -0.2) is 11.6 Å². The molecular formula is C20H26O2. The van der Waals surface area contributed by atoms with Gasteiger partial charge in [0.05, 0.1) is 0 Å². The minimum atomic E-state index is -0.291. The summed E-state index contributed by atoms with van der Waals surface area (Å²) in [7, 11) is 0. The van der Waals surface area contributed by atoms with Crippen LogP contribution in [0.4, 0.5) is 0 Å². The van der Waals surface area contributed by atoms with Crippen molar-refractivity contribution in [1.82, 2.24) is 0 Å². The molecule has 0 saturated carbocycles. The SMILES string of the molecule is C=C(C)[C@H]1CC=C(C)C(=O)[C@H]1[C@@H]1C(=O)C(C)=CC[C@H]1C(=C)C. The van der Waals surface area contributed by atoms with Gasteiger partial charge in [0.2, 0.25) is 0 Å². The summed E-state index contributed by atoms with van der Waals surface area (Å²) in [6.45, 7) is 15.8. The topological polar surface area (TPSA) is 34.1 Å². The molecule has 0 radical (unpaired) electrons. The quantitative estimate of drug-likeness (QED) is 0.722. The number of carbonyl (C=O) groups is 2. The third kappa shape index (κ3) is 2.79. The van der Waals surface area contributed by atoms with Gasteiger partial charge >= 0.3 is 0 Å². The molecule has 0 aromatic carbocycles. The number of hydrogen-bond acceptors (Lipinski definition) is 2. The van der Waals surface area contributed by atoms with Crippen LogP contribution in [0.3, 0.4) is 0 Å². The molecule has 4 atom stereocenters. The van der Waals surface area contributed by atoms with Crippen LogP contribution in [-0.2, 0) is 9.59 Å². The van der Waals surface area contributed by atoms with Gasteiger partial charge in [0.15, 0.2) is 11.6 Å². The van der Waals surface area contributed by atoms with E-state index in [1.807, 2.05) is 39.8 Å². The summed E-state index contributed by atoms with van der Waals surface area (Å²) in [5.41, 5.74) is 3.54. The van der Waals surface area contributed by atoms with Crippen molar-refractivity contribution >= 4 is 11.6 Å². The summed E-state index contributed by atoms with van der Waals surface area (Å²) in [6.07, 6.45) is 5.58. The molecule has 0 aromatic heterocycles. The highest BCUT2D eigenvalue weighted by Gasteiger charge is 2.46. The summed E-state index contributed by atoms with van der Waals surface area (Å²) >= 11 is 0. The van der Waals surface area contributed by atoms with E-state index in [0.29, 0.717) is 0 Å². The molecular weight excluding hydrogens is 272 g/mol. The number of rotatable bonds is 3. The first-order valence-corrected chi connectivity index (χ1v) is 7.98. The average Bonchev–Trinajstić information content (AvgIpc) is 2.44. The molecule has 0 amide bonds. The van der Waals surface area contributed by atoms with E-state index in [0.717, 1.165) is 35.1 Å². The largest absolute Gasteiger partial charge is 0.294 e.